The lowest BCUT2D eigenvalue weighted by Gasteiger charge is -2.51. The number of amides is 2. The van der Waals surface area contributed by atoms with Crippen molar-refractivity contribution in [2.24, 2.45) is 0 Å². The van der Waals surface area contributed by atoms with E-state index in [4.69, 9.17) is 9.47 Å². The smallest absolute Gasteiger partial charge is 0.267 e. The van der Waals surface area contributed by atoms with Gasteiger partial charge in [0.1, 0.15) is 21.9 Å². The summed E-state index contributed by atoms with van der Waals surface area (Å²) in [4.78, 5) is 27.7. The van der Waals surface area contributed by atoms with Crippen molar-refractivity contribution >= 4 is 21.8 Å². The van der Waals surface area contributed by atoms with Gasteiger partial charge in [-0.05, 0) is 44.9 Å². The number of hydrogen-bond donors (Lipinski definition) is 1. The Hall–Kier alpha value is -3.07. The summed E-state index contributed by atoms with van der Waals surface area (Å²) < 4.78 is 38.4. The maximum atomic E-state index is 13.3. The van der Waals surface area contributed by atoms with Crippen LogP contribution in [0, 0.1) is 0 Å². The molecule has 2 aromatic rings. The highest BCUT2D eigenvalue weighted by Crippen LogP contribution is 2.37. The molecule has 1 aliphatic rings. The van der Waals surface area contributed by atoms with Crippen molar-refractivity contribution in [2.45, 2.75) is 43.0 Å². The molecule has 9 heteroatoms. The number of hydrogen-bond acceptors (Lipinski definition) is 6. The van der Waals surface area contributed by atoms with Crippen LogP contribution in [0.25, 0.3) is 0 Å². The SMILES string of the molecule is COc1ccc(OC)c(S(=O)(=O)NC(=O)C2(C)CCN2C(=O)C(C)(C)c2ccccc2)c1. The number of likely N-dealkylation sites (tertiary alicyclic amines) is 1. The number of carbonyl (C=O) groups is 2. The van der Waals surface area contributed by atoms with E-state index in [1.807, 2.05) is 30.3 Å². The van der Waals surface area contributed by atoms with Gasteiger partial charge < -0.3 is 14.4 Å². The molecule has 1 fully saturated rings. The molecule has 1 unspecified atom stereocenters. The van der Waals surface area contributed by atoms with Gasteiger partial charge in [-0.2, -0.15) is 0 Å². The Labute approximate surface area is 188 Å². The van der Waals surface area contributed by atoms with Gasteiger partial charge >= 0.3 is 0 Å². The van der Waals surface area contributed by atoms with E-state index in [0.717, 1.165) is 5.56 Å². The molecule has 2 amide bonds. The molecule has 2 aromatic carbocycles. The monoisotopic (exact) mass is 460 g/mol. The lowest BCUT2D eigenvalue weighted by atomic mass is 9.78. The van der Waals surface area contributed by atoms with E-state index in [-0.39, 0.29) is 16.6 Å². The fourth-order valence-electron chi connectivity index (χ4n) is 3.72. The van der Waals surface area contributed by atoms with Gasteiger partial charge in [-0.3, -0.25) is 9.59 Å². The molecule has 0 aliphatic carbocycles. The second kappa shape index (κ2) is 8.46. The predicted octanol–water partition coefficient (Wildman–Crippen LogP) is 2.48. The molecule has 0 saturated carbocycles. The van der Waals surface area contributed by atoms with Crippen molar-refractivity contribution in [3.63, 3.8) is 0 Å². The largest absolute Gasteiger partial charge is 0.497 e. The van der Waals surface area contributed by atoms with Crippen molar-refractivity contribution in [1.82, 2.24) is 9.62 Å². The van der Waals surface area contributed by atoms with Gasteiger partial charge in [-0.15, -0.1) is 0 Å². The van der Waals surface area contributed by atoms with Gasteiger partial charge in [0.15, 0.2) is 0 Å². The standard InChI is InChI=1S/C23H28N2O6S/c1-22(2,16-9-7-6-8-10-16)21(27)25-14-13-23(25,3)20(26)24-32(28,29)19-15-17(30-4)11-12-18(19)31-5/h6-12,15H,13-14H2,1-5H3,(H,24,26). The predicted molar refractivity (Wildman–Crippen MR) is 119 cm³/mol. The zero-order chi connectivity index (χ0) is 23.7. The molecular formula is C23H28N2O6S. The van der Waals surface area contributed by atoms with E-state index in [2.05, 4.69) is 4.72 Å². The second-order valence-corrected chi connectivity index (χ2v) is 10.1. The molecule has 0 radical (unpaired) electrons. The summed E-state index contributed by atoms with van der Waals surface area (Å²) in [5.41, 5.74) is -1.35. The van der Waals surface area contributed by atoms with Crippen LogP contribution >= 0.6 is 0 Å². The van der Waals surface area contributed by atoms with E-state index in [1.54, 1.807) is 26.8 Å². The van der Waals surface area contributed by atoms with E-state index in [0.29, 0.717) is 18.7 Å². The highest BCUT2D eigenvalue weighted by atomic mass is 32.2. The molecule has 32 heavy (non-hydrogen) atoms. The third-order valence-corrected chi connectivity index (χ3v) is 7.42. The maximum Gasteiger partial charge on any atom is 0.267 e. The van der Waals surface area contributed by atoms with Gasteiger partial charge in [0.05, 0.1) is 19.6 Å². The number of sulfonamides is 1. The van der Waals surface area contributed by atoms with Crippen molar-refractivity contribution in [2.75, 3.05) is 20.8 Å². The molecule has 0 spiro atoms. The first-order valence-corrected chi connectivity index (χ1v) is 11.6. The molecule has 1 N–H and O–H groups in total. The van der Waals surface area contributed by atoms with Crippen LogP contribution in [0.4, 0.5) is 0 Å². The quantitative estimate of drug-likeness (QED) is 0.681. The number of nitrogens with zero attached hydrogens (tertiary/aromatic N) is 1. The summed E-state index contributed by atoms with van der Waals surface area (Å²) in [6.07, 6.45) is 0.347. The van der Waals surface area contributed by atoms with Crippen molar-refractivity contribution in [3.8, 4) is 11.5 Å². The summed E-state index contributed by atoms with van der Waals surface area (Å²) in [7, 11) is -1.53. The lowest BCUT2D eigenvalue weighted by molar-refractivity contribution is -0.160. The Bertz CT molecular complexity index is 1130. The van der Waals surface area contributed by atoms with Gasteiger partial charge in [-0.25, -0.2) is 13.1 Å². The molecule has 1 aliphatic heterocycles. The van der Waals surface area contributed by atoms with Gasteiger partial charge in [0.25, 0.3) is 15.9 Å². The first-order chi connectivity index (χ1) is 15.0. The Kier molecular flexibility index (Phi) is 6.24. The van der Waals surface area contributed by atoms with Crippen LogP contribution in [-0.4, -0.2) is 51.4 Å². The Morgan fingerprint density at radius 2 is 1.72 bits per heavy atom. The number of benzene rings is 2. The Balaban J connectivity index is 1.86. The summed E-state index contributed by atoms with van der Waals surface area (Å²) in [5, 5.41) is 0. The van der Waals surface area contributed by atoms with Gasteiger partial charge in [0, 0.05) is 12.6 Å². The fourth-order valence-corrected chi connectivity index (χ4v) is 4.98. The third kappa shape index (κ3) is 4.04. The Morgan fingerprint density at radius 3 is 2.25 bits per heavy atom. The zero-order valence-corrected chi connectivity index (χ0v) is 19.7. The molecule has 0 aromatic heterocycles. The zero-order valence-electron chi connectivity index (χ0n) is 18.8. The topological polar surface area (TPSA) is 102 Å². The average molecular weight is 461 g/mol. The van der Waals surface area contributed by atoms with Crippen molar-refractivity contribution < 1.29 is 27.5 Å². The van der Waals surface area contributed by atoms with E-state index < -0.39 is 26.9 Å². The van der Waals surface area contributed by atoms with Gasteiger partial charge in [0.2, 0.25) is 5.91 Å². The molecular weight excluding hydrogens is 432 g/mol. The minimum atomic E-state index is -4.27. The molecule has 0 bridgehead atoms. The van der Waals surface area contributed by atoms with Crippen LogP contribution in [0.1, 0.15) is 32.8 Å². The van der Waals surface area contributed by atoms with E-state index in [1.165, 1.54) is 31.3 Å². The number of carbonyl (C=O) groups excluding carboxylic acids is 2. The first-order valence-electron chi connectivity index (χ1n) is 10.1. The Morgan fingerprint density at radius 1 is 1.06 bits per heavy atom. The number of ether oxygens (including phenoxy) is 2. The van der Waals surface area contributed by atoms with Crippen LogP contribution in [0.15, 0.2) is 53.4 Å². The van der Waals surface area contributed by atoms with Crippen molar-refractivity contribution in [1.29, 1.82) is 0 Å². The number of methoxy groups -OCH3 is 2. The lowest BCUT2D eigenvalue weighted by Crippen LogP contribution is -2.69. The molecule has 1 saturated heterocycles. The number of nitrogens with one attached hydrogen (secondary N) is 1. The van der Waals surface area contributed by atoms with Crippen molar-refractivity contribution in [3.05, 3.63) is 54.1 Å². The number of rotatable bonds is 7. The van der Waals surface area contributed by atoms with Crippen LogP contribution < -0.4 is 14.2 Å². The average Bonchev–Trinajstić information content (AvgIpc) is 2.77. The fraction of sp³-hybridized carbons (Fsp3) is 0.391. The van der Waals surface area contributed by atoms with Crippen LogP contribution in [0.2, 0.25) is 0 Å². The minimum Gasteiger partial charge on any atom is -0.497 e. The summed E-state index contributed by atoms with van der Waals surface area (Å²) in [6, 6.07) is 13.5. The third-order valence-electron chi connectivity index (χ3n) is 6.07. The van der Waals surface area contributed by atoms with Crippen LogP contribution in [-0.2, 0) is 25.0 Å². The summed E-state index contributed by atoms with van der Waals surface area (Å²) in [5.74, 6) is -0.646. The normalized spacial score (nSPS) is 18.5. The summed E-state index contributed by atoms with van der Waals surface area (Å²) in [6.45, 7) is 5.52. The summed E-state index contributed by atoms with van der Waals surface area (Å²) >= 11 is 0. The minimum absolute atomic E-state index is 0.0722. The van der Waals surface area contributed by atoms with Crippen LogP contribution in [0.3, 0.4) is 0 Å². The van der Waals surface area contributed by atoms with Crippen LogP contribution in [0.5, 0.6) is 11.5 Å². The van der Waals surface area contributed by atoms with Gasteiger partial charge in [-0.1, -0.05) is 30.3 Å². The highest BCUT2D eigenvalue weighted by molar-refractivity contribution is 7.90. The van der Waals surface area contributed by atoms with E-state index >= 15 is 0 Å². The maximum absolute atomic E-state index is 13.3. The molecule has 1 heterocycles. The molecule has 1 atom stereocenters. The highest BCUT2D eigenvalue weighted by Gasteiger charge is 2.53. The molecule has 172 valence electrons. The molecule has 8 nitrogen and oxygen atoms in total. The molecule has 3 rings (SSSR count). The van der Waals surface area contributed by atoms with E-state index in [9.17, 15) is 18.0 Å². The first kappa shape index (κ1) is 23.6. The second-order valence-electron chi connectivity index (χ2n) is 8.42.